The Labute approximate surface area is 139 Å². The molecule has 1 N–H and O–H groups in total. The van der Waals surface area contributed by atoms with Crippen molar-refractivity contribution in [1.29, 1.82) is 0 Å². The molecule has 1 amide bonds. The highest BCUT2D eigenvalue weighted by atomic mass is 32.1. The molecular formula is C17H18N4OS. The summed E-state index contributed by atoms with van der Waals surface area (Å²) in [6.45, 7) is 4.85. The van der Waals surface area contributed by atoms with Crippen molar-refractivity contribution in [2.24, 2.45) is 0 Å². The highest BCUT2D eigenvalue weighted by Crippen LogP contribution is 2.25. The van der Waals surface area contributed by atoms with Gasteiger partial charge in [-0.25, -0.2) is 4.98 Å². The van der Waals surface area contributed by atoms with Crippen LogP contribution in [0.5, 0.6) is 0 Å². The molecule has 3 aromatic rings. The van der Waals surface area contributed by atoms with Crippen molar-refractivity contribution in [3.63, 3.8) is 0 Å². The Morgan fingerprint density at radius 1 is 1.30 bits per heavy atom. The number of hydrogen-bond donors (Lipinski definition) is 1. The van der Waals surface area contributed by atoms with Crippen LogP contribution >= 0.6 is 11.3 Å². The summed E-state index contributed by atoms with van der Waals surface area (Å²) in [5.41, 5.74) is 1.71. The molecule has 0 radical (unpaired) electrons. The fourth-order valence-electron chi connectivity index (χ4n) is 2.22. The first kappa shape index (κ1) is 15.4. The van der Waals surface area contributed by atoms with E-state index < -0.39 is 0 Å². The Hall–Kier alpha value is -2.47. The van der Waals surface area contributed by atoms with Crippen LogP contribution in [-0.2, 0) is 6.54 Å². The minimum atomic E-state index is -0.145. The van der Waals surface area contributed by atoms with Crippen molar-refractivity contribution in [3.8, 4) is 0 Å². The smallest absolute Gasteiger partial charge is 0.274 e. The van der Waals surface area contributed by atoms with E-state index in [9.17, 15) is 4.79 Å². The van der Waals surface area contributed by atoms with Gasteiger partial charge in [0.25, 0.3) is 5.91 Å². The molecule has 3 heterocycles. The molecule has 23 heavy (non-hydrogen) atoms. The van der Waals surface area contributed by atoms with Gasteiger partial charge in [-0.15, -0.1) is 11.3 Å². The molecule has 0 saturated carbocycles. The second kappa shape index (κ2) is 6.75. The number of anilines is 1. The average molecular weight is 326 g/mol. The van der Waals surface area contributed by atoms with Gasteiger partial charge in [0.1, 0.15) is 5.69 Å². The summed E-state index contributed by atoms with van der Waals surface area (Å²) in [5, 5.41) is 3.52. The predicted octanol–water partition coefficient (Wildman–Crippen LogP) is 3.76. The highest BCUT2D eigenvalue weighted by molar-refractivity contribution is 7.15. The van der Waals surface area contributed by atoms with Gasteiger partial charge in [0, 0.05) is 36.2 Å². The minimum Gasteiger partial charge on any atom is -0.339 e. The predicted molar refractivity (Wildman–Crippen MR) is 91.9 cm³/mol. The largest absolute Gasteiger partial charge is 0.339 e. The third-order valence-electron chi connectivity index (χ3n) is 3.48. The van der Waals surface area contributed by atoms with Crippen LogP contribution < -0.4 is 5.32 Å². The topological polar surface area (TPSA) is 59.8 Å². The zero-order valence-electron chi connectivity index (χ0n) is 13.1. The van der Waals surface area contributed by atoms with Crippen LogP contribution in [0.25, 0.3) is 0 Å². The lowest BCUT2D eigenvalue weighted by Crippen LogP contribution is -2.17. The number of nitrogens with one attached hydrogen (secondary N) is 1. The van der Waals surface area contributed by atoms with Gasteiger partial charge in [-0.05, 0) is 35.7 Å². The van der Waals surface area contributed by atoms with Crippen LogP contribution in [0.4, 0.5) is 5.13 Å². The normalized spacial score (nSPS) is 10.9. The number of carbonyl (C=O) groups excluding carboxylic acids is 1. The molecule has 3 aromatic heterocycles. The second-order valence-electron chi connectivity index (χ2n) is 5.55. The number of nitrogens with zero attached hydrogens (tertiary/aromatic N) is 3. The molecule has 3 rings (SSSR count). The zero-order valence-corrected chi connectivity index (χ0v) is 13.9. The summed E-state index contributed by atoms with van der Waals surface area (Å²) < 4.78 is 1.92. The number of amides is 1. The molecule has 118 valence electrons. The third kappa shape index (κ3) is 3.65. The van der Waals surface area contributed by atoms with Gasteiger partial charge >= 0.3 is 0 Å². The van der Waals surface area contributed by atoms with E-state index >= 15 is 0 Å². The van der Waals surface area contributed by atoms with E-state index in [0.29, 0.717) is 23.3 Å². The first-order valence-electron chi connectivity index (χ1n) is 7.44. The van der Waals surface area contributed by atoms with Gasteiger partial charge in [0.2, 0.25) is 0 Å². The maximum Gasteiger partial charge on any atom is 0.274 e. The second-order valence-corrected chi connectivity index (χ2v) is 6.62. The molecule has 0 aromatic carbocycles. The van der Waals surface area contributed by atoms with Crippen molar-refractivity contribution in [3.05, 3.63) is 65.2 Å². The van der Waals surface area contributed by atoms with E-state index in [2.05, 4.69) is 29.1 Å². The van der Waals surface area contributed by atoms with E-state index in [1.165, 1.54) is 11.3 Å². The third-order valence-corrected chi connectivity index (χ3v) is 4.69. The molecule has 0 aliphatic carbocycles. The summed E-state index contributed by atoms with van der Waals surface area (Å²) in [6.07, 6.45) is 7.22. The molecule has 0 saturated heterocycles. The fraction of sp³-hybridized carbons (Fsp3) is 0.235. The summed E-state index contributed by atoms with van der Waals surface area (Å²) in [6, 6.07) is 7.57. The Bertz CT molecular complexity index is 792. The van der Waals surface area contributed by atoms with Gasteiger partial charge in [-0.1, -0.05) is 13.8 Å². The Kier molecular flexibility index (Phi) is 4.52. The van der Waals surface area contributed by atoms with Crippen molar-refractivity contribution < 1.29 is 4.79 Å². The number of pyridine rings is 1. The SMILES string of the molecule is CC(C)c1cnc(NC(=O)c2cccn2Cc2ccncc2)s1. The molecule has 0 atom stereocenters. The first-order chi connectivity index (χ1) is 11.1. The monoisotopic (exact) mass is 326 g/mol. The van der Waals surface area contributed by atoms with Crippen LogP contribution in [0.15, 0.2) is 49.1 Å². The molecule has 0 aliphatic rings. The van der Waals surface area contributed by atoms with Crippen LogP contribution in [0, 0.1) is 0 Å². The first-order valence-corrected chi connectivity index (χ1v) is 8.26. The molecule has 5 nitrogen and oxygen atoms in total. The lowest BCUT2D eigenvalue weighted by molar-refractivity contribution is 0.101. The van der Waals surface area contributed by atoms with Crippen molar-refractivity contribution in [2.45, 2.75) is 26.3 Å². The molecule has 6 heteroatoms. The number of carbonyl (C=O) groups is 1. The minimum absolute atomic E-state index is 0.145. The lowest BCUT2D eigenvalue weighted by Gasteiger charge is -2.08. The van der Waals surface area contributed by atoms with Gasteiger partial charge in [-0.3, -0.25) is 15.1 Å². The van der Waals surface area contributed by atoms with Crippen molar-refractivity contribution >= 4 is 22.4 Å². The summed E-state index contributed by atoms with van der Waals surface area (Å²) in [5.74, 6) is 0.266. The van der Waals surface area contributed by atoms with Gasteiger partial charge in [0.15, 0.2) is 5.13 Å². The molecule has 0 unspecified atom stereocenters. The van der Waals surface area contributed by atoms with E-state index in [1.54, 1.807) is 12.4 Å². The Morgan fingerprint density at radius 2 is 2.09 bits per heavy atom. The van der Waals surface area contributed by atoms with Gasteiger partial charge in [0.05, 0.1) is 0 Å². The molecule has 0 aliphatic heterocycles. The zero-order chi connectivity index (χ0) is 16.2. The Morgan fingerprint density at radius 3 is 2.78 bits per heavy atom. The number of thiazole rings is 1. The highest BCUT2D eigenvalue weighted by Gasteiger charge is 2.14. The maximum atomic E-state index is 12.5. The molecule has 0 fully saturated rings. The quantitative estimate of drug-likeness (QED) is 0.776. The molecule has 0 bridgehead atoms. The van der Waals surface area contributed by atoms with E-state index in [1.807, 2.05) is 41.2 Å². The van der Waals surface area contributed by atoms with Crippen LogP contribution in [0.2, 0.25) is 0 Å². The van der Waals surface area contributed by atoms with Crippen LogP contribution in [-0.4, -0.2) is 20.4 Å². The van der Waals surface area contributed by atoms with Gasteiger partial charge in [-0.2, -0.15) is 0 Å². The van der Waals surface area contributed by atoms with Gasteiger partial charge < -0.3 is 4.57 Å². The van der Waals surface area contributed by atoms with Crippen molar-refractivity contribution in [1.82, 2.24) is 14.5 Å². The number of rotatable bonds is 5. The van der Waals surface area contributed by atoms with E-state index in [-0.39, 0.29) is 5.91 Å². The van der Waals surface area contributed by atoms with E-state index in [4.69, 9.17) is 0 Å². The molecular weight excluding hydrogens is 308 g/mol. The number of hydrogen-bond acceptors (Lipinski definition) is 4. The standard InChI is InChI=1S/C17H18N4OS/c1-12(2)15-10-19-17(23-15)20-16(22)14-4-3-9-21(14)11-13-5-7-18-8-6-13/h3-10,12H,11H2,1-2H3,(H,19,20,22). The number of aromatic nitrogens is 3. The average Bonchev–Trinajstić information content (AvgIpc) is 3.17. The van der Waals surface area contributed by atoms with Crippen LogP contribution in [0.1, 0.15) is 40.7 Å². The lowest BCUT2D eigenvalue weighted by atomic mass is 10.2. The summed E-state index contributed by atoms with van der Waals surface area (Å²) in [4.78, 5) is 21.9. The molecule has 0 spiro atoms. The van der Waals surface area contributed by atoms with E-state index in [0.717, 1.165) is 10.4 Å². The summed E-state index contributed by atoms with van der Waals surface area (Å²) in [7, 11) is 0. The van der Waals surface area contributed by atoms with Crippen LogP contribution in [0.3, 0.4) is 0 Å². The van der Waals surface area contributed by atoms with Crippen molar-refractivity contribution in [2.75, 3.05) is 5.32 Å². The maximum absolute atomic E-state index is 12.5. The summed E-state index contributed by atoms with van der Waals surface area (Å²) >= 11 is 1.52. The fourth-order valence-corrected chi connectivity index (χ4v) is 3.03. The Balaban J connectivity index is 1.74.